The van der Waals surface area contributed by atoms with E-state index in [9.17, 15) is 4.79 Å². The van der Waals surface area contributed by atoms with Gasteiger partial charge in [0.25, 0.3) is 5.56 Å². The fourth-order valence-corrected chi connectivity index (χ4v) is 3.64. The van der Waals surface area contributed by atoms with Crippen molar-refractivity contribution in [2.45, 2.75) is 0 Å². The van der Waals surface area contributed by atoms with E-state index < -0.39 is 0 Å². The molecule has 2 aromatic carbocycles. The van der Waals surface area contributed by atoms with Crippen LogP contribution in [0.1, 0.15) is 0 Å². The predicted molar refractivity (Wildman–Crippen MR) is 97.4 cm³/mol. The van der Waals surface area contributed by atoms with Gasteiger partial charge < -0.3 is 4.57 Å². The molecule has 0 bridgehead atoms. The highest BCUT2D eigenvalue weighted by Gasteiger charge is 2.15. The average Bonchev–Trinajstić information content (AvgIpc) is 2.47. The zero-order valence-electron chi connectivity index (χ0n) is 11.0. The molecule has 0 aliphatic heterocycles. The standard InChI is InChI=1S/C16H10Cl2INO/c1-20-13-7-6-11(18)8-12(13)14(15(19)16(20)21)9-2-4-10(17)5-3-9/h2-8H,1H3. The highest BCUT2D eigenvalue weighted by molar-refractivity contribution is 14.1. The van der Waals surface area contributed by atoms with E-state index in [2.05, 4.69) is 22.6 Å². The van der Waals surface area contributed by atoms with Gasteiger partial charge in [-0.2, -0.15) is 0 Å². The minimum Gasteiger partial charge on any atom is -0.310 e. The van der Waals surface area contributed by atoms with E-state index in [1.807, 2.05) is 36.4 Å². The number of pyridine rings is 1. The summed E-state index contributed by atoms with van der Waals surface area (Å²) in [5, 5.41) is 2.27. The molecule has 0 amide bonds. The Hall–Kier alpha value is -1.04. The third-order valence-electron chi connectivity index (χ3n) is 3.43. The number of aromatic nitrogens is 1. The Morgan fingerprint density at radius 2 is 1.62 bits per heavy atom. The zero-order chi connectivity index (χ0) is 15.1. The Labute approximate surface area is 145 Å². The quantitative estimate of drug-likeness (QED) is 0.492. The van der Waals surface area contributed by atoms with Gasteiger partial charge in [-0.25, -0.2) is 0 Å². The third kappa shape index (κ3) is 2.58. The van der Waals surface area contributed by atoms with Gasteiger partial charge >= 0.3 is 0 Å². The first-order chi connectivity index (χ1) is 9.99. The second-order valence-corrected chi connectivity index (χ2v) is 6.67. The monoisotopic (exact) mass is 429 g/mol. The molecule has 0 radical (unpaired) electrons. The largest absolute Gasteiger partial charge is 0.310 e. The number of fused-ring (bicyclic) bond motifs is 1. The van der Waals surface area contributed by atoms with Crippen molar-refractivity contribution in [3.63, 3.8) is 0 Å². The first-order valence-electron chi connectivity index (χ1n) is 6.22. The van der Waals surface area contributed by atoms with Crippen molar-refractivity contribution in [3.05, 3.63) is 66.4 Å². The van der Waals surface area contributed by atoms with Crippen molar-refractivity contribution in [2.75, 3.05) is 0 Å². The van der Waals surface area contributed by atoms with Crippen molar-refractivity contribution < 1.29 is 0 Å². The molecule has 21 heavy (non-hydrogen) atoms. The van der Waals surface area contributed by atoms with Gasteiger partial charge in [0, 0.05) is 28.0 Å². The molecule has 3 aromatic rings. The Morgan fingerprint density at radius 3 is 2.29 bits per heavy atom. The van der Waals surface area contributed by atoms with Crippen LogP contribution in [-0.4, -0.2) is 4.57 Å². The smallest absolute Gasteiger partial charge is 0.264 e. The molecule has 1 aromatic heterocycles. The van der Waals surface area contributed by atoms with Gasteiger partial charge in [0.15, 0.2) is 0 Å². The maximum absolute atomic E-state index is 12.4. The number of rotatable bonds is 1. The van der Waals surface area contributed by atoms with Gasteiger partial charge in [0.05, 0.1) is 9.09 Å². The Balaban J connectivity index is 2.48. The molecule has 106 valence electrons. The molecule has 0 aliphatic carbocycles. The number of benzene rings is 2. The first-order valence-corrected chi connectivity index (χ1v) is 8.06. The highest BCUT2D eigenvalue weighted by atomic mass is 127. The van der Waals surface area contributed by atoms with Crippen molar-refractivity contribution in [2.24, 2.45) is 7.05 Å². The molecule has 0 saturated heterocycles. The van der Waals surface area contributed by atoms with Gasteiger partial charge in [-0.3, -0.25) is 4.79 Å². The molecule has 0 atom stereocenters. The van der Waals surface area contributed by atoms with Gasteiger partial charge in [0.2, 0.25) is 0 Å². The molecule has 3 rings (SSSR count). The van der Waals surface area contributed by atoms with Crippen LogP contribution in [0.3, 0.4) is 0 Å². The van der Waals surface area contributed by atoms with E-state index in [1.165, 1.54) is 0 Å². The van der Waals surface area contributed by atoms with Crippen LogP contribution in [-0.2, 0) is 7.05 Å². The SMILES string of the molecule is Cn1c(=O)c(I)c(-c2ccc(Cl)cc2)c2cc(Cl)ccc21. The third-order valence-corrected chi connectivity index (χ3v) is 4.92. The lowest BCUT2D eigenvalue weighted by molar-refractivity contribution is 0.899. The number of hydrogen-bond donors (Lipinski definition) is 0. The maximum Gasteiger partial charge on any atom is 0.264 e. The van der Waals surface area contributed by atoms with Gasteiger partial charge in [-0.1, -0.05) is 35.3 Å². The lowest BCUT2D eigenvalue weighted by Gasteiger charge is -2.13. The molecule has 0 spiro atoms. The Bertz CT molecular complexity index is 901. The van der Waals surface area contributed by atoms with Crippen LogP contribution in [0, 0.1) is 3.57 Å². The summed E-state index contributed by atoms with van der Waals surface area (Å²) in [6, 6.07) is 13.0. The predicted octanol–water partition coefficient (Wildman–Crippen LogP) is 5.12. The van der Waals surface area contributed by atoms with Crippen molar-refractivity contribution in [1.82, 2.24) is 4.57 Å². The van der Waals surface area contributed by atoms with Gasteiger partial charge in [-0.15, -0.1) is 0 Å². The highest BCUT2D eigenvalue weighted by Crippen LogP contribution is 2.33. The number of nitrogens with zero attached hydrogens (tertiary/aromatic N) is 1. The molecule has 0 aliphatic rings. The summed E-state index contributed by atoms with van der Waals surface area (Å²) in [5.41, 5.74) is 2.69. The van der Waals surface area contributed by atoms with Crippen LogP contribution < -0.4 is 5.56 Å². The average molecular weight is 430 g/mol. The fraction of sp³-hybridized carbons (Fsp3) is 0.0625. The zero-order valence-corrected chi connectivity index (χ0v) is 14.7. The summed E-state index contributed by atoms with van der Waals surface area (Å²) in [5.74, 6) is 0. The summed E-state index contributed by atoms with van der Waals surface area (Å²) in [7, 11) is 1.77. The molecule has 2 nitrogen and oxygen atoms in total. The Kier molecular flexibility index (Phi) is 3.99. The van der Waals surface area contributed by atoms with E-state index in [-0.39, 0.29) is 5.56 Å². The normalized spacial score (nSPS) is 11.0. The summed E-state index contributed by atoms with van der Waals surface area (Å²) < 4.78 is 2.32. The van der Waals surface area contributed by atoms with Crippen LogP contribution >= 0.6 is 45.8 Å². The molecule has 5 heteroatoms. The number of hydrogen-bond acceptors (Lipinski definition) is 1. The molecule has 1 heterocycles. The summed E-state index contributed by atoms with van der Waals surface area (Å²) in [6.45, 7) is 0. The minimum atomic E-state index is -0.0182. The van der Waals surface area contributed by atoms with Crippen LogP contribution in [0.5, 0.6) is 0 Å². The van der Waals surface area contributed by atoms with Crippen molar-refractivity contribution in [1.29, 1.82) is 0 Å². The summed E-state index contributed by atoms with van der Waals surface area (Å²) >= 11 is 14.2. The molecule has 0 saturated carbocycles. The fourth-order valence-electron chi connectivity index (χ4n) is 2.38. The molecule has 0 fully saturated rings. The number of aryl methyl sites for hydroxylation is 1. The lowest BCUT2D eigenvalue weighted by atomic mass is 10.0. The van der Waals surface area contributed by atoms with Crippen LogP contribution in [0.15, 0.2) is 47.3 Å². The maximum atomic E-state index is 12.4. The van der Waals surface area contributed by atoms with Crippen LogP contribution in [0.25, 0.3) is 22.0 Å². The first kappa shape index (κ1) is 14.9. The van der Waals surface area contributed by atoms with E-state index in [0.29, 0.717) is 13.6 Å². The lowest BCUT2D eigenvalue weighted by Crippen LogP contribution is -2.20. The topological polar surface area (TPSA) is 22.0 Å². The van der Waals surface area contributed by atoms with E-state index in [4.69, 9.17) is 23.2 Å². The van der Waals surface area contributed by atoms with E-state index in [1.54, 1.807) is 17.7 Å². The van der Waals surface area contributed by atoms with Gasteiger partial charge in [0.1, 0.15) is 0 Å². The van der Waals surface area contributed by atoms with Crippen LogP contribution in [0.4, 0.5) is 0 Å². The Morgan fingerprint density at radius 1 is 1.00 bits per heavy atom. The molecule has 0 N–H and O–H groups in total. The summed E-state index contributed by atoms with van der Waals surface area (Å²) in [6.07, 6.45) is 0. The van der Waals surface area contributed by atoms with Crippen molar-refractivity contribution >= 4 is 56.7 Å². The van der Waals surface area contributed by atoms with E-state index in [0.717, 1.165) is 22.0 Å². The van der Waals surface area contributed by atoms with Crippen LogP contribution in [0.2, 0.25) is 10.0 Å². The minimum absolute atomic E-state index is 0.0182. The second kappa shape index (κ2) is 5.63. The molecule has 0 unspecified atom stereocenters. The van der Waals surface area contributed by atoms with E-state index >= 15 is 0 Å². The molecular formula is C16H10Cl2INO. The summed E-state index contributed by atoms with van der Waals surface area (Å²) in [4.78, 5) is 12.4. The number of halogens is 3. The molecular weight excluding hydrogens is 420 g/mol. The van der Waals surface area contributed by atoms with Crippen molar-refractivity contribution in [3.8, 4) is 11.1 Å². The van der Waals surface area contributed by atoms with Gasteiger partial charge in [-0.05, 0) is 58.5 Å². The second-order valence-electron chi connectivity index (χ2n) is 4.72.